The first-order valence-electron chi connectivity index (χ1n) is 5.50. The number of benzene rings is 2. The van der Waals surface area contributed by atoms with Crippen LogP contribution in [0.5, 0.6) is 0 Å². The van der Waals surface area contributed by atoms with Crippen molar-refractivity contribution in [2.24, 2.45) is 0 Å². The predicted octanol–water partition coefficient (Wildman–Crippen LogP) is 5.16. The van der Waals surface area contributed by atoms with Gasteiger partial charge in [0.2, 0.25) is 0 Å². The van der Waals surface area contributed by atoms with E-state index in [0.717, 1.165) is 9.13 Å². The molecular weight excluding hydrogens is 396 g/mol. The van der Waals surface area contributed by atoms with Crippen molar-refractivity contribution < 1.29 is 4.79 Å². The highest BCUT2D eigenvalue weighted by molar-refractivity contribution is 14.1. The van der Waals surface area contributed by atoms with Crippen LogP contribution in [-0.2, 0) is 0 Å². The Morgan fingerprint density at radius 3 is 2.63 bits per heavy atom. The van der Waals surface area contributed by atoms with Gasteiger partial charge in [0.15, 0.2) is 0 Å². The molecule has 0 saturated carbocycles. The molecule has 5 heteroatoms. The van der Waals surface area contributed by atoms with Crippen LogP contribution in [0.25, 0.3) is 0 Å². The Kier molecular flexibility index (Phi) is 4.71. The number of hydrogen-bond acceptors (Lipinski definition) is 1. The van der Waals surface area contributed by atoms with Gasteiger partial charge in [0, 0.05) is 9.13 Å². The molecule has 0 aromatic heterocycles. The summed E-state index contributed by atoms with van der Waals surface area (Å²) < 4.78 is 0.992. The Bertz CT molecular complexity index is 643. The van der Waals surface area contributed by atoms with Crippen LogP contribution in [0, 0.1) is 10.5 Å². The maximum absolute atomic E-state index is 12.2. The molecule has 0 aliphatic rings. The molecule has 0 heterocycles. The number of rotatable bonds is 2. The Morgan fingerprint density at radius 2 is 1.95 bits per heavy atom. The van der Waals surface area contributed by atoms with Crippen molar-refractivity contribution in [2.75, 3.05) is 5.32 Å². The minimum atomic E-state index is -0.229. The predicted molar refractivity (Wildman–Crippen MR) is 88.3 cm³/mol. The van der Waals surface area contributed by atoms with Crippen molar-refractivity contribution in [2.45, 2.75) is 6.92 Å². The highest BCUT2D eigenvalue weighted by Crippen LogP contribution is 2.33. The second-order valence-electron chi connectivity index (χ2n) is 4.02. The van der Waals surface area contributed by atoms with Crippen molar-refractivity contribution >= 4 is 57.4 Å². The molecule has 0 aliphatic carbocycles. The van der Waals surface area contributed by atoms with Gasteiger partial charge in [0.1, 0.15) is 0 Å². The van der Waals surface area contributed by atoms with E-state index in [0.29, 0.717) is 21.3 Å². The molecule has 2 rings (SSSR count). The number of nitrogens with one attached hydrogen (secondary N) is 1. The summed E-state index contributed by atoms with van der Waals surface area (Å²) in [6.07, 6.45) is 0. The maximum atomic E-state index is 12.2. The van der Waals surface area contributed by atoms with E-state index in [1.54, 1.807) is 18.2 Å². The van der Waals surface area contributed by atoms with Crippen molar-refractivity contribution in [3.8, 4) is 0 Å². The summed E-state index contributed by atoms with van der Waals surface area (Å²) in [5.74, 6) is -0.229. The van der Waals surface area contributed by atoms with E-state index in [-0.39, 0.29) is 5.91 Å². The van der Waals surface area contributed by atoms with Gasteiger partial charge >= 0.3 is 0 Å². The second kappa shape index (κ2) is 6.11. The Balaban J connectivity index is 2.32. The first-order valence-corrected chi connectivity index (χ1v) is 7.34. The molecule has 0 aliphatic heterocycles. The zero-order valence-corrected chi connectivity index (χ0v) is 13.7. The number of halogens is 3. The molecule has 1 N–H and O–H groups in total. The monoisotopic (exact) mass is 405 g/mol. The van der Waals surface area contributed by atoms with E-state index in [1.807, 2.05) is 25.1 Å². The second-order valence-corrected chi connectivity index (χ2v) is 6.05. The molecular formula is C14H10Cl2INO. The fourth-order valence-electron chi connectivity index (χ4n) is 1.59. The molecule has 0 fully saturated rings. The Morgan fingerprint density at radius 1 is 1.21 bits per heavy atom. The van der Waals surface area contributed by atoms with Gasteiger partial charge in [-0.05, 0) is 59.3 Å². The minimum Gasteiger partial charge on any atom is -0.319 e. The van der Waals surface area contributed by atoms with Gasteiger partial charge in [-0.2, -0.15) is 0 Å². The molecule has 0 spiro atoms. The molecule has 19 heavy (non-hydrogen) atoms. The zero-order chi connectivity index (χ0) is 14.0. The summed E-state index contributed by atoms with van der Waals surface area (Å²) in [4.78, 5) is 12.2. The molecule has 0 saturated heterocycles. The third kappa shape index (κ3) is 3.41. The van der Waals surface area contributed by atoms with Crippen LogP contribution < -0.4 is 5.32 Å². The molecule has 2 aromatic carbocycles. The molecule has 0 unspecified atom stereocenters. The van der Waals surface area contributed by atoms with Gasteiger partial charge in [-0.15, -0.1) is 0 Å². The van der Waals surface area contributed by atoms with Crippen LogP contribution in [0.3, 0.4) is 0 Å². The smallest absolute Gasteiger partial charge is 0.255 e. The number of anilines is 1. The van der Waals surface area contributed by atoms with Gasteiger partial charge < -0.3 is 5.32 Å². The van der Waals surface area contributed by atoms with E-state index in [4.69, 9.17) is 23.2 Å². The van der Waals surface area contributed by atoms with Crippen molar-refractivity contribution in [1.82, 2.24) is 0 Å². The number of carbonyl (C=O) groups excluding carboxylic acids is 1. The van der Waals surface area contributed by atoms with Crippen LogP contribution in [0.1, 0.15) is 15.9 Å². The van der Waals surface area contributed by atoms with E-state index >= 15 is 0 Å². The van der Waals surface area contributed by atoms with Crippen LogP contribution in [0.2, 0.25) is 10.0 Å². The van der Waals surface area contributed by atoms with Crippen LogP contribution in [0.4, 0.5) is 5.69 Å². The molecule has 98 valence electrons. The van der Waals surface area contributed by atoms with Crippen LogP contribution in [-0.4, -0.2) is 5.91 Å². The third-order valence-corrected chi connectivity index (χ3v) is 4.08. The first kappa shape index (κ1) is 14.6. The highest BCUT2D eigenvalue weighted by Gasteiger charge is 2.13. The van der Waals surface area contributed by atoms with E-state index in [1.165, 1.54) is 0 Å². The fraction of sp³-hybridized carbons (Fsp3) is 0.0714. The van der Waals surface area contributed by atoms with Gasteiger partial charge in [-0.3, -0.25) is 4.79 Å². The number of amides is 1. The fourth-order valence-corrected chi connectivity index (χ4v) is 2.59. The zero-order valence-electron chi connectivity index (χ0n) is 10.0. The maximum Gasteiger partial charge on any atom is 0.255 e. The lowest BCUT2D eigenvalue weighted by atomic mass is 10.2. The Labute approximate surface area is 135 Å². The molecule has 2 aromatic rings. The average molecular weight is 406 g/mol. The lowest BCUT2D eigenvalue weighted by Crippen LogP contribution is -2.13. The topological polar surface area (TPSA) is 29.1 Å². The Hall–Kier alpha value is -0.780. The summed E-state index contributed by atoms with van der Waals surface area (Å²) in [6, 6.07) is 10.8. The lowest BCUT2D eigenvalue weighted by molar-refractivity contribution is 0.102. The van der Waals surface area contributed by atoms with Crippen LogP contribution >= 0.6 is 45.8 Å². The summed E-state index contributed by atoms with van der Waals surface area (Å²) in [5, 5.41) is 3.65. The highest BCUT2D eigenvalue weighted by atomic mass is 127. The van der Waals surface area contributed by atoms with Crippen molar-refractivity contribution in [3.05, 3.63) is 61.1 Å². The number of carbonyl (C=O) groups is 1. The summed E-state index contributed by atoms with van der Waals surface area (Å²) in [5.41, 5.74) is 1.89. The number of hydrogen-bond donors (Lipinski definition) is 1. The third-order valence-electron chi connectivity index (χ3n) is 2.61. The SMILES string of the molecule is Cc1ccc(Cl)c(NC(=O)c2cccc(I)c2)c1Cl. The molecule has 0 atom stereocenters. The summed E-state index contributed by atoms with van der Waals surface area (Å²) in [6.45, 7) is 1.86. The molecule has 0 radical (unpaired) electrons. The van der Waals surface area contributed by atoms with E-state index in [9.17, 15) is 4.79 Å². The molecule has 1 amide bonds. The van der Waals surface area contributed by atoms with Gasteiger partial charge in [0.05, 0.1) is 15.7 Å². The molecule has 2 nitrogen and oxygen atoms in total. The summed E-state index contributed by atoms with van der Waals surface area (Å²) >= 11 is 14.4. The van der Waals surface area contributed by atoms with Gasteiger partial charge in [-0.25, -0.2) is 0 Å². The standard InChI is InChI=1S/C14H10Cl2INO/c1-8-5-6-11(15)13(12(8)16)18-14(19)9-3-2-4-10(17)7-9/h2-7H,1H3,(H,18,19). The average Bonchev–Trinajstić information content (AvgIpc) is 2.39. The number of aryl methyl sites for hydroxylation is 1. The van der Waals surface area contributed by atoms with Crippen LogP contribution in [0.15, 0.2) is 36.4 Å². The lowest BCUT2D eigenvalue weighted by Gasteiger charge is -2.11. The van der Waals surface area contributed by atoms with E-state index < -0.39 is 0 Å². The quantitative estimate of drug-likeness (QED) is 0.687. The normalized spacial score (nSPS) is 10.3. The first-order chi connectivity index (χ1) is 8.99. The van der Waals surface area contributed by atoms with Gasteiger partial charge in [0.25, 0.3) is 5.91 Å². The van der Waals surface area contributed by atoms with Crippen molar-refractivity contribution in [1.29, 1.82) is 0 Å². The summed E-state index contributed by atoms with van der Waals surface area (Å²) in [7, 11) is 0. The van der Waals surface area contributed by atoms with Gasteiger partial charge in [-0.1, -0.05) is 35.3 Å². The minimum absolute atomic E-state index is 0.229. The largest absolute Gasteiger partial charge is 0.319 e. The molecule has 0 bridgehead atoms. The van der Waals surface area contributed by atoms with E-state index in [2.05, 4.69) is 27.9 Å². The van der Waals surface area contributed by atoms with Crippen molar-refractivity contribution in [3.63, 3.8) is 0 Å².